The highest BCUT2D eigenvalue weighted by molar-refractivity contribution is 6.13. The summed E-state index contributed by atoms with van der Waals surface area (Å²) in [7, 11) is 0. The lowest BCUT2D eigenvalue weighted by atomic mass is 9.85. The van der Waals surface area contributed by atoms with Crippen LogP contribution in [0.15, 0.2) is 11.1 Å². The molecule has 1 rings (SSSR count). The van der Waals surface area contributed by atoms with Gasteiger partial charge in [0.1, 0.15) is 6.29 Å². The third kappa shape index (κ3) is 1.49. The fourth-order valence-electron chi connectivity index (χ4n) is 1.42. The molecule has 1 aliphatic carbocycles. The Labute approximate surface area is 70.4 Å². The Morgan fingerprint density at radius 3 is 2.42 bits per heavy atom. The van der Waals surface area contributed by atoms with Gasteiger partial charge in [-0.2, -0.15) is 0 Å². The van der Waals surface area contributed by atoms with Gasteiger partial charge in [-0.15, -0.1) is 0 Å². The van der Waals surface area contributed by atoms with Crippen LogP contribution in [0.25, 0.3) is 0 Å². The molecule has 1 unspecified atom stereocenters. The molecule has 12 heavy (non-hydrogen) atoms. The number of Topliss-reactive ketones (excluding diaryl/α,β-unsaturated/α-hetero) is 1. The monoisotopic (exact) mass is 166 g/mol. The van der Waals surface area contributed by atoms with Crippen molar-refractivity contribution < 1.29 is 14.4 Å². The summed E-state index contributed by atoms with van der Waals surface area (Å²) in [5, 5.41) is 0. The Balaban J connectivity index is 2.93. The summed E-state index contributed by atoms with van der Waals surface area (Å²) < 4.78 is 0. The average molecular weight is 166 g/mol. The van der Waals surface area contributed by atoms with Crippen molar-refractivity contribution in [1.29, 1.82) is 0 Å². The van der Waals surface area contributed by atoms with Gasteiger partial charge in [-0.25, -0.2) is 0 Å². The SMILES string of the molecule is CC1=C(C=O)C(=O)CC(C=O)C1. The van der Waals surface area contributed by atoms with Crippen LogP contribution >= 0.6 is 0 Å². The summed E-state index contributed by atoms with van der Waals surface area (Å²) in [6.45, 7) is 1.72. The number of hydrogen-bond acceptors (Lipinski definition) is 3. The zero-order chi connectivity index (χ0) is 9.14. The van der Waals surface area contributed by atoms with Crippen LogP contribution in [0.5, 0.6) is 0 Å². The van der Waals surface area contributed by atoms with Crippen molar-refractivity contribution in [2.75, 3.05) is 0 Å². The van der Waals surface area contributed by atoms with Crippen molar-refractivity contribution in [1.82, 2.24) is 0 Å². The second kappa shape index (κ2) is 3.43. The molecule has 0 fully saturated rings. The first-order valence-corrected chi connectivity index (χ1v) is 3.82. The minimum absolute atomic E-state index is 0.189. The van der Waals surface area contributed by atoms with Crippen LogP contribution in [0.4, 0.5) is 0 Å². The molecule has 3 nitrogen and oxygen atoms in total. The molecule has 0 amide bonds. The van der Waals surface area contributed by atoms with E-state index in [4.69, 9.17) is 0 Å². The first-order chi connectivity index (χ1) is 5.69. The Morgan fingerprint density at radius 2 is 2.00 bits per heavy atom. The van der Waals surface area contributed by atoms with Crippen LogP contribution in [0.3, 0.4) is 0 Å². The van der Waals surface area contributed by atoms with Gasteiger partial charge in [0, 0.05) is 12.3 Å². The van der Waals surface area contributed by atoms with E-state index in [0.717, 1.165) is 11.9 Å². The van der Waals surface area contributed by atoms with Gasteiger partial charge in [-0.3, -0.25) is 9.59 Å². The maximum Gasteiger partial charge on any atom is 0.166 e. The van der Waals surface area contributed by atoms with Gasteiger partial charge in [0.05, 0.1) is 5.57 Å². The van der Waals surface area contributed by atoms with Crippen LogP contribution < -0.4 is 0 Å². The third-order valence-corrected chi connectivity index (χ3v) is 2.09. The van der Waals surface area contributed by atoms with E-state index in [2.05, 4.69) is 0 Å². The summed E-state index contributed by atoms with van der Waals surface area (Å²) in [4.78, 5) is 31.9. The maximum absolute atomic E-state index is 11.2. The van der Waals surface area contributed by atoms with Crippen molar-refractivity contribution in [2.45, 2.75) is 19.8 Å². The molecule has 0 bridgehead atoms. The van der Waals surface area contributed by atoms with Crippen molar-refractivity contribution in [3.63, 3.8) is 0 Å². The van der Waals surface area contributed by atoms with Gasteiger partial charge >= 0.3 is 0 Å². The predicted molar refractivity (Wildman–Crippen MR) is 42.6 cm³/mol. The van der Waals surface area contributed by atoms with E-state index in [9.17, 15) is 14.4 Å². The minimum Gasteiger partial charge on any atom is -0.303 e. The highest BCUT2D eigenvalue weighted by Crippen LogP contribution is 2.24. The van der Waals surface area contributed by atoms with Crippen LogP contribution in [0.1, 0.15) is 19.8 Å². The first kappa shape index (κ1) is 8.84. The molecular formula is C9H10O3. The topological polar surface area (TPSA) is 51.2 Å². The highest BCUT2D eigenvalue weighted by atomic mass is 16.1. The standard InChI is InChI=1S/C9H10O3/c1-6-2-7(4-10)3-9(12)8(6)5-11/h4-5,7H,2-3H2,1H3. The van der Waals surface area contributed by atoms with Gasteiger partial charge < -0.3 is 4.79 Å². The van der Waals surface area contributed by atoms with Gasteiger partial charge in [-0.1, -0.05) is 5.57 Å². The largest absolute Gasteiger partial charge is 0.303 e. The number of allylic oxidation sites excluding steroid dienone is 2. The second-order valence-corrected chi connectivity index (χ2v) is 3.04. The van der Waals surface area contributed by atoms with E-state index in [1.807, 2.05) is 0 Å². The zero-order valence-corrected chi connectivity index (χ0v) is 6.87. The molecule has 1 aliphatic rings. The molecular weight excluding hydrogens is 156 g/mol. The number of hydrogen-bond donors (Lipinski definition) is 0. The number of ketones is 1. The summed E-state index contributed by atoms with van der Waals surface area (Å²) >= 11 is 0. The zero-order valence-electron chi connectivity index (χ0n) is 6.87. The third-order valence-electron chi connectivity index (χ3n) is 2.09. The van der Waals surface area contributed by atoms with Crippen molar-refractivity contribution >= 4 is 18.4 Å². The fourth-order valence-corrected chi connectivity index (χ4v) is 1.42. The average Bonchev–Trinajstić information content (AvgIpc) is 2.03. The van der Waals surface area contributed by atoms with E-state index in [1.54, 1.807) is 6.92 Å². The molecule has 0 aromatic rings. The Kier molecular flexibility index (Phi) is 2.53. The Morgan fingerprint density at radius 1 is 1.33 bits per heavy atom. The predicted octanol–water partition coefficient (Wildman–Crippen LogP) is 0.680. The summed E-state index contributed by atoms with van der Waals surface area (Å²) in [5.41, 5.74) is 0.992. The Bertz CT molecular complexity index is 263. The summed E-state index contributed by atoms with van der Waals surface area (Å²) in [6.07, 6.45) is 2.10. The lowest BCUT2D eigenvalue weighted by Gasteiger charge is -2.17. The summed E-state index contributed by atoms with van der Waals surface area (Å²) in [5.74, 6) is -0.424. The van der Waals surface area contributed by atoms with Crippen LogP contribution in [-0.2, 0) is 14.4 Å². The fraction of sp³-hybridized carbons (Fsp3) is 0.444. The van der Waals surface area contributed by atoms with E-state index >= 15 is 0 Å². The molecule has 0 aromatic heterocycles. The smallest absolute Gasteiger partial charge is 0.166 e. The van der Waals surface area contributed by atoms with Gasteiger partial charge in [0.25, 0.3) is 0 Å². The van der Waals surface area contributed by atoms with Gasteiger partial charge in [0.2, 0.25) is 0 Å². The van der Waals surface area contributed by atoms with Crippen molar-refractivity contribution in [3.05, 3.63) is 11.1 Å². The molecule has 0 aromatic carbocycles. The lowest BCUT2D eigenvalue weighted by molar-refractivity contribution is -0.122. The molecule has 3 heteroatoms. The molecule has 64 valence electrons. The summed E-state index contributed by atoms with van der Waals surface area (Å²) in [6, 6.07) is 0. The highest BCUT2D eigenvalue weighted by Gasteiger charge is 2.24. The van der Waals surface area contributed by atoms with E-state index in [0.29, 0.717) is 12.7 Å². The van der Waals surface area contributed by atoms with Gasteiger partial charge in [0.15, 0.2) is 12.1 Å². The van der Waals surface area contributed by atoms with E-state index < -0.39 is 0 Å². The molecule has 0 heterocycles. The normalized spacial score (nSPS) is 24.1. The second-order valence-electron chi connectivity index (χ2n) is 3.04. The lowest BCUT2D eigenvalue weighted by Crippen LogP contribution is -2.20. The van der Waals surface area contributed by atoms with Gasteiger partial charge in [-0.05, 0) is 13.3 Å². The molecule has 0 N–H and O–H groups in total. The maximum atomic E-state index is 11.2. The number of aldehydes is 2. The molecule has 0 saturated carbocycles. The Hall–Kier alpha value is -1.25. The molecule has 1 atom stereocenters. The first-order valence-electron chi connectivity index (χ1n) is 3.82. The van der Waals surface area contributed by atoms with Crippen LogP contribution in [-0.4, -0.2) is 18.4 Å². The quantitative estimate of drug-likeness (QED) is 0.447. The van der Waals surface area contributed by atoms with Crippen LogP contribution in [0.2, 0.25) is 0 Å². The molecule has 0 spiro atoms. The molecule has 0 saturated heterocycles. The van der Waals surface area contributed by atoms with E-state index in [1.165, 1.54) is 0 Å². The van der Waals surface area contributed by atoms with Crippen LogP contribution in [0, 0.1) is 5.92 Å². The van der Waals surface area contributed by atoms with Crippen molar-refractivity contribution in [3.8, 4) is 0 Å². The number of rotatable bonds is 2. The molecule has 0 aliphatic heterocycles. The minimum atomic E-state index is -0.221. The van der Waals surface area contributed by atoms with E-state index in [-0.39, 0.29) is 23.7 Å². The number of carbonyl (C=O) groups is 3. The molecule has 0 radical (unpaired) electrons. The van der Waals surface area contributed by atoms with Crippen molar-refractivity contribution in [2.24, 2.45) is 5.92 Å². The number of carbonyl (C=O) groups excluding carboxylic acids is 3.